The van der Waals surface area contributed by atoms with E-state index in [2.05, 4.69) is 22.3 Å². The van der Waals surface area contributed by atoms with E-state index in [1.807, 2.05) is 12.1 Å². The van der Waals surface area contributed by atoms with E-state index in [4.69, 9.17) is 0 Å². The zero-order chi connectivity index (χ0) is 12.1. The first kappa shape index (κ1) is 12.2. The van der Waals surface area contributed by atoms with Gasteiger partial charge in [-0.3, -0.25) is 4.98 Å². The molecular weight excluding hydrogens is 232 g/mol. The molecule has 1 unspecified atom stereocenters. The highest BCUT2D eigenvalue weighted by Gasteiger charge is 2.10. The molecule has 90 valence electrons. The minimum atomic E-state index is 0.237. The molecule has 0 aliphatic heterocycles. The van der Waals surface area contributed by atoms with Crippen molar-refractivity contribution >= 4 is 11.3 Å². The van der Waals surface area contributed by atoms with Crippen LogP contribution in [-0.4, -0.2) is 21.7 Å². The van der Waals surface area contributed by atoms with Crippen LogP contribution >= 0.6 is 11.3 Å². The lowest BCUT2D eigenvalue weighted by Gasteiger charge is -2.07. The normalized spacial score (nSPS) is 12.6. The summed E-state index contributed by atoms with van der Waals surface area (Å²) in [5.74, 6) is 0.325. The summed E-state index contributed by atoms with van der Waals surface area (Å²) in [6.45, 7) is 2.33. The zero-order valence-electron chi connectivity index (χ0n) is 9.84. The number of aliphatic hydroxyl groups is 1. The van der Waals surface area contributed by atoms with Gasteiger partial charge in [-0.25, -0.2) is 4.98 Å². The minimum Gasteiger partial charge on any atom is -0.396 e. The maximum Gasteiger partial charge on any atom is 0.0936 e. The molecule has 3 nitrogen and oxygen atoms in total. The Bertz CT molecular complexity index is 451. The zero-order valence-corrected chi connectivity index (χ0v) is 10.7. The van der Waals surface area contributed by atoms with Crippen molar-refractivity contribution < 1.29 is 5.11 Å². The minimum absolute atomic E-state index is 0.237. The third-order valence-corrected chi connectivity index (χ3v) is 3.70. The third-order valence-electron chi connectivity index (χ3n) is 2.83. The van der Waals surface area contributed by atoms with Crippen LogP contribution < -0.4 is 0 Å². The number of rotatable bonds is 5. The lowest BCUT2D eigenvalue weighted by atomic mass is 10.0. The molecule has 0 aliphatic rings. The van der Waals surface area contributed by atoms with Crippen LogP contribution in [0, 0.1) is 5.92 Å². The van der Waals surface area contributed by atoms with Crippen LogP contribution in [0.25, 0.3) is 11.3 Å². The summed E-state index contributed by atoms with van der Waals surface area (Å²) in [6.07, 6.45) is 5.40. The van der Waals surface area contributed by atoms with Gasteiger partial charge in [-0.2, -0.15) is 0 Å². The Kier molecular flexibility index (Phi) is 4.23. The van der Waals surface area contributed by atoms with Gasteiger partial charge in [0.15, 0.2) is 0 Å². The lowest BCUT2D eigenvalue weighted by Crippen LogP contribution is -2.07. The van der Waals surface area contributed by atoms with Crippen molar-refractivity contribution in [1.82, 2.24) is 9.97 Å². The smallest absolute Gasteiger partial charge is 0.0936 e. The van der Waals surface area contributed by atoms with Crippen LogP contribution in [0.3, 0.4) is 0 Å². The van der Waals surface area contributed by atoms with E-state index in [1.54, 1.807) is 23.7 Å². The first-order valence-corrected chi connectivity index (χ1v) is 6.67. The Hall–Kier alpha value is -1.26. The van der Waals surface area contributed by atoms with Gasteiger partial charge in [0.1, 0.15) is 0 Å². The van der Waals surface area contributed by atoms with E-state index in [1.165, 1.54) is 0 Å². The second kappa shape index (κ2) is 5.89. The lowest BCUT2D eigenvalue weighted by molar-refractivity contribution is 0.222. The molecule has 0 fully saturated rings. The number of hydrogen-bond acceptors (Lipinski definition) is 4. The molecular formula is C13H16N2OS. The Labute approximate surface area is 105 Å². The van der Waals surface area contributed by atoms with Crippen LogP contribution in [-0.2, 0) is 6.42 Å². The van der Waals surface area contributed by atoms with Crippen molar-refractivity contribution in [3.63, 3.8) is 0 Å². The van der Waals surface area contributed by atoms with Crippen LogP contribution in [0.5, 0.6) is 0 Å². The predicted molar refractivity (Wildman–Crippen MR) is 69.9 cm³/mol. The van der Waals surface area contributed by atoms with Crippen molar-refractivity contribution in [2.45, 2.75) is 19.8 Å². The number of pyridine rings is 1. The summed E-state index contributed by atoms with van der Waals surface area (Å²) in [4.78, 5) is 8.59. The fourth-order valence-corrected chi connectivity index (χ4v) is 2.56. The molecule has 2 aromatic rings. The predicted octanol–water partition coefficient (Wildman–Crippen LogP) is 2.77. The Morgan fingerprint density at radius 3 is 2.76 bits per heavy atom. The van der Waals surface area contributed by atoms with Gasteiger partial charge in [0.05, 0.1) is 10.7 Å². The first-order valence-electron chi connectivity index (χ1n) is 5.79. The molecule has 17 heavy (non-hydrogen) atoms. The van der Waals surface area contributed by atoms with Gasteiger partial charge in [-0.15, -0.1) is 11.3 Å². The van der Waals surface area contributed by atoms with E-state index >= 15 is 0 Å². The molecule has 0 aromatic carbocycles. The van der Waals surface area contributed by atoms with E-state index in [-0.39, 0.29) is 6.61 Å². The van der Waals surface area contributed by atoms with Gasteiger partial charge >= 0.3 is 0 Å². The molecule has 0 radical (unpaired) electrons. The number of thiazole rings is 1. The molecule has 1 atom stereocenters. The molecule has 0 amide bonds. The molecule has 0 bridgehead atoms. The second-order valence-corrected chi connectivity index (χ2v) is 4.97. The molecule has 0 aliphatic carbocycles. The third kappa shape index (κ3) is 3.11. The fraction of sp³-hybridized carbons (Fsp3) is 0.385. The monoisotopic (exact) mass is 248 g/mol. The van der Waals surface area contributed by atoms with Crippen LogP contribution in [0.4, 0.5) is 0 Å². The Morgan fingerprint density at radius 1 is 1.35 bits per heavy atom. The van der Waals surface area contributed by atoms with Gasteiger partial charge < -0.3 is 5.11 Å². The number of aliphatic hydroxyl groups excluding tert-OH is 1. The SMILES string of the molecule is CCC(CO)Cc1nc(-c2ccncc2)cs1. The average Bonchev–Trinajstić information content (AvgIpc) is 2.85. The molecule has 0 spiro atoms. The number of nitrogens with zero attached hydrogens (tertiary/aromatic N) is 2. The van der Waals surface area contributed by atoms with Crippen molar-refractivity contribution in [2.24, 2.45) is 5.92 Å². The summed E-state index contributed by atoms with van der Waals surface area (Å²) in [7, 11) is 0. The fourth-order valence-electron chi connectivity index (χ4n) is 1.64. The van der Waals surface area contributed by atoms with E-state index in [0.717, 1.165) is 29.1 Å². The van der Waals surface area contributed by atoms with E-state index < -0.39 is 0 Å². The van der Waals surface area contributed by atoms with Gasteiger partial charge in [0, 0.05) is 36.4 Å². The molecule has 1 N–H and O–H groups in total. The van der Waals surface area contributed by atoms with Gasteiger partial charge in [-0.05, 0) is 18.1 Å². The van der Waals surface area contributed by atoms with Gasteiger partial charge in [0.2, 0.25) is 0 Å². The standard InChI is InChI=1S/C13H16N2OS/c1-2-10(8-16)7-13-15-12(9-17-13)11-3-5-14-6-4-11/h3-6,9-10,16H,2,7-8H2,1H3. The number of aromatic nitrogens is 2. The van der Waals surface area contributed by atoms with Crippen molar-refractivity contribution in [3.05, 3.63) is 34.9 Å². The van der Waals surface area contributed by atoms with Gasteiger partial charge in [0.25, 0.3) is 0 Å². The van der Waals surface area contributed by atoms with Crippen LogP contribution in [0.2, 0.25) is 0 Å². The summed E-state index contributed by atoms with van der Waals surface area (Å²) in [5.41, 5.74) is 2.10. The maximum atomic E-state index is 9.18. The molecule has 2 aromatic heterocycles. The summed E-state index contributed by atoms with van der Waals surface area (Å²) >= 11 is 1.66. The van der Waals surface area contributed by atoms with Crippen LogP contribution in [0.1, 0.15) is 18.4 Å². The van der Waals surface area contributed by atoms with Crippen molar-refractivity contribution in [2.75, 3.05) is 6.61 Å². The summed E-state index contributed by atoms with van der Waals surface area (Å²) < 4.78 is 0. The molecule has 4 heteroatoms. The second-order valence-electron chi connectivity index (χ2n) is 4.02. The summed E-state index contributed by atoms with van der Waals surface area (Å²) in [6, 6.07) is 3.92. The first-order chi connectivity index (χ1) is 8.33. The Morgan fingerprint density at radius 2 is 2.12 bits per heavy atom. The summed E-state index contributed by atoms with van der Waals surface area (Å²) in [5, 5.41) is 12.3. The largest absolute Gasteiger partial charge is 0.396 e. The van der Waals surface area contributed by atoms with Gasteiger partial charge in [-0.1, -0.05) is 13.3 Å². The highest BCUT2D eigenvalue weighted by atomic mass is 32.1. The quantitative estimate of drug-likeness (QED) is 0.885. The van der Waals surface area contributed by atoms with E-state index in [9.17, 15) is 5.11 Å². The topological polar surface area (TPSA) is 46.0 Å². The maximum absolute atomic E-state index is 9.18. The molecule has 2 rings (SSSR count). The van der Waals surface area contributed by atoms with Crippen molar-refractivity contribution in [3.8, 4) is 11.3 Å². The average molecular weight is 248 g/mol. The van der Waals surface area contributed by atoms with Crippen molar-refractivity contribution in [1.29, 1.82) is 0 Å². The van der Waals surface area contributed by atoms with Crippen LogP contribution in [0.15, 0.2) is 29.9 Å². The molecule has 0 saturated carbocycles. The Balaban J connectivity index is 2.11. The van der Waals surface area contributed by atoms with E-state index in [0.29, 0.717) is 5.92 Å². The molecule has 0 saturated heterocycles. The highest BCUT2D eigenvalue weighted by molar-refractivity contribution is 7.09. The number of hydrogen-bond donors (Lipinski definition) is 1. The highest BCUT2D eigenvalue weighted by Crippen LogP contribution is 2.23. The molecule has 2 heterocycles.